The second-order valence-corrected chi connectivity index (χ2v) is 5.84. The van der Waals surface area contributed by atoms with E-state index in [4.69, 9.17) is 4.52 Å². The van der Waals surface area contributed by atoms with Gasteiger partial charge in [0.1, 0.15) is 5.82 Å². The lowest BCUT2D eigenvalue weighted by molar-refractivity contribution is 0.371. The van der Waals surface area contributed by atoms with Gasteiger partial charge in [0.05, 0.1) is 6.54 Å². The Kier molecular flexibility index (Phi) is 6.52. The van der Waals surface area contributed by atoms with Crippen LogP contribution in [-0.4, -0.2) is 29.7 Å². The third kappa shape index (κ3) is 5.63. The van der Waals surface area contributed by atoms with Crippen molar-refractivity contribution < 1.29 is 8.91 Å². The van der Waals surface area contributed by atoms with Crippen molar-refractivity contribution in [3.8, 4) is 0 Å². The zero-order chi connectivity index (χ0) is 16.7. The average molecular weight is 384 g/mol. The first-order valence-electron chi connectivity index (χ1n) is 7.26. The third-order valence-electron chi connectivity index (χ3n) is 3.13. The minimum Gasteiger partial charge on any atom is -0.356 e. The van der Waals surface area contributed by atoms with Crippen LogP contribution in [0.2, 0.25) is 0 Å². The zero-order valence-corrected chi connectivity index (χ0v) is 14.7. The Hall–Kier alpha value is -1.96. The molecule has 0 aliphatic rings. The van der Waals surface area contributed by atoms with E-state index in [9.17, 15) is 4.39 Å². The van der Waals surface area contributed by atoms with Gasteiger partial charge in [-0.15, -0.1) is 0 Å². The molecule has 1 aromatic heterocycles. The van der Waals surface area contributed by atoms with Crippen molar-refractivity contribution in [2.24, 2.45) is 4.99 Å². The minimum atomic E-state index is -0.186. The summed E-state index contributed by atoms with van der Waals surface area (Å²) < 4.78 is 19.5. The quantitative estimate of drug-likeness (QED) is 0.455. The first kappa shape index (κ1) is 17.4. The van der Waals surface area contributed by atoms with Gasteiger partial charge < -0.3 is 15.2 Å². The minimum absolute atomic E-state index is 0.186. The number of halogens is 2. The summed E-state index contributed by atoms with van der Waals surface area (Å²) in [7, 11) is 1.68. The van der Waals surface area contributed by atoms with E-state index in [1.54, 1.807) is 20.0 Å². The van der Waals surface area contributed by atoms with Crippen molar-refractivity contribution in [3.63, 3.8) is 0 Å². The standard InChI is InChI=1S/C15H19BrFN5O/c1-10-21-14(23-22-10)9-20-15(18-2)19-7-3-4-11-5-6-12(16)8-13(11)17/h5-6,8H,3-4,7,9H2,1-2H3,(H2,18,19,20). The Bertz CT molecular complexity index is 674. The molecule has 0 radical (unpaired) electrons. The van der Waals surface area contributed by atoms with E-state index in [2.05, 4.69) is 41.7 Å². The fourth-order valence-corrected chi connectivity index (χ4v) is 2.33. The van der Waals surface area contributed by atoms with Gasteiger partial charge in [-0.2, -0.15) is 4.98 Å². The van der Waals surface area contributed by atoms with Crippen LogP contribution in [0.1, 0.15) is 23.7 Å². The van der Waals surface area contributed by atoms with Gasteiger partial charge in [-0.1, -0.05) is 27.2 Å². The van der Waals surface area contributed by atoms with Gasteiger partial charge in [-0.05, 0) is 37.5 Å². The van der Waals surface area contributed by atoms with Gasteiger partial charge in [-0.25, -0.2) is 4.39 Å². The van der Waals surface area contributed by atoms with Gasteiger partial charge in [0.25, 0.3) is 0 Å². The Balaban J connectivity index is 1.71. The molecule has 0 unspecified atom stereocenters. The van der Waals surface area contributed by atoms with Crippen LogP contribution in [-0.2, 0) is 13.0 Å². The van der Waals surface area contributed by atoms with Crippen LogP contribution in [0.4, 0.5) is 4.39 Å². The number of aryl methyl sites for hydroxylation is 2. The SMILES string of the molecule is CN=C(NCCCc1ccc(Br)cc1F)NCc1nc(C)no1. The normalized spacial score (nSPS) is 11.6. The number of rotatable bonds is 6. The number of hydrogen-bond acceptors (Lipinski definition) is 4. The van der Waals surface area contributed by atoms with Gasteiger partial charge in [0.15, 0.2) is 11.8 Å². The Morgan fingerprint density at radius 1 is 1.39 bits per heavy atom. The molecule has 0 saturated carbocycles. The molecule has 2 aromatic rings. The van der Waals surface area contributed by atoms with E-state index >= 15 is 0 Å². The second kappa shape index (κ2) is 8.61. The summed E-state index contributed by atoms with van der Waals surface area (Å²) in [4.78, 5) is 8.21. The van der Waals surface area contributed by atoms with Crippen LogP contribution in [0.3, 0.4) is 0 Å². The molecule has 2 N–H and O–H groups in total. The van der Waals surface area contributed by atoms with Gasteiger partial charge >= 0.3 is 0 Å². The number of guanidine groups is 1. The number of benzene rings is 1. The molecule has 0 fully saturated rings. The highest BCUT2D eigenvalue weighted by atomic mass is 79.9. The van der Waals surface area contributed by atoms with E-state index in [0.29, 0.717) is 42.7 Å². The molecule has 0 aliphatic carbocycles. The molecule has 1 aromatic carbocycles. The van der Waals surface area contributed by atoms with Crippen molar-refractivity contribution in [1.29, 1.82) is 0 Å². The van der Waals surface area contributed by atoms with Crippen molar-refractivity contribution >= 4 is 21.9 Å². The predicted molar refractivity (Wildman–Crippen MR) is 89.7 cm³/mol. The summed E-state index contributed by atoms with van der Waals surface area (Å²) in [6.45, 7) is 2.85. The number of hydrogen-bond donors (Lipinski definition) is 2. The van der Waals surface area contributed by atoms with Crippen molar-refractivity contribution in [3.05, 3.63) is 45.8 Å². The predicted octanol–water partition coefficient (Wildman–Crippen LogP) is 2.58. The molecular weight excluding hydrogens is 365 g/mol. The topological polar surface area (TPSA) is 75.3 Å². The lowest BCUT2D eigenvalue weighted by atomic mass is 10.1. The Labute approximate surface area is 142 Å². The monoisotopic (exact) mass is 383 g/mol. The lowest BCUT2D eigenvalue weighted by Crippen LogP contribution is -2.37. The Morgan fingerprint density at radius 3 is 2.87 bits per heavy atom. The first-order valence-corrected chi connectivity index (χ1v) is 8.05. The third-order valence-corrected chi connectivity index (χ3v) is 3.62. The summed E-state index contributed by atoms with van der Waals surface area (Å²) in [5.41, 5.74) is 0.708. The molecule has 23 heavy (non-hydrogen) atoms. The van der Waals surface area contributed by atoms with Gasteiger partial charge in [-0.3, -0.25) is 4.99 Å². The summed E-state index contributed by atoms with van der Waals surface area (Å²) >= 11 is 3.25. The zero-order valence-electron chi connectivity index (χ0n) is 13.1. The fraction of sp³-hybridized carbons (Fsp3) is 0.400. The van der Waals surface area contributed by atoms with E-state index in [-0.39, 0.29) is 5.82 Å². The van der Waals surface area contributed by atoms with Crippen LogP contribution >= 0.6 is 15.9 Å². The maximum Gasteiger partial charge on any atom is 0.246 e. The average Bonchev–Trinajstić information content (AvgIpc) is 2.94. The van der Waals surface area contributed by atoms with Crippen molar-refractivity contribution in [2.75, 3.05) is 13.6 Å². The van der Waals surface area contributed by atoms with Crippen molar-refractivity contribution in [2.45, 2.75) is 26.3 Å². The molecule has 0 bridgehead atoms. The molecule has 0 amide bonds. The number of nitrogens with one attached hydrogen (secondary N) is 2. The molecule has 1 heterocycles. The van der Waals surface area contributed by atoms with Crippen LogP contribution < -0.4 is 10.6 Å². The summed E-state index contributed by atoms with van der Waals surface area (Å²) in [6, 6.07) is 5.12. The molecule has 0 atom stereocenters. The van der Waals surface area contributed by atoms with E-state index < -0.39 is 0 Å². The van der Waals surface area contributed by atoms with Crippen LogP contribution in [0.25, 0.3) is 0 Å². The van der Waals surface area contributed by atoms with Crippen LogP contribution in [0, 0.1) is 12.7 Å². The maximum atomic E-state index is 13.7. The molecule has 8 heteroatoms. The largest absolute Gasteiger partial charge is 0.356 e. The van der Waals surface area contributed by atoms with Crippen molar-refractivity contribution in [1.82, 2.24) is 20.8 Å². The molecule has 0 saturated heterocycles. The lowest BCUT2D eigenvalue weighted by Gasteiger charge is -2.10. The highest BCUT2D eigenvalue weighted by Gasteiger charge is 2.05. The maximum absolute atomic E-state index is 13.7. The highest BCUT2D eigenvalue weighted by molar-refractivity contribution is 9.10. The van der Waals surface area contributed by atoms with Gasteiger partial charge in [0.2, 0.25) is 5.89 Å². The van der Waals surface area contributed by atoms with Crippen LogP contribution in [0.5, 0.6) is 0 Å². The molecule has 124 valence electrons. The molecule has 0 spiro atoms. The number of aromatic nitrogens is 2. The Morgan fingerprint density at radius 2 is 2.22 bits per heavy atom. The smallest absolute Gasteiger partial charge is 0.246 e. The first-order chi connectivity index (χ1) is 11.1. The number of aliphatic imine (C=N–C) groups is 1. The molecule has 0 aliphatic heterocycles. The second-order valence-electron chi connectivity index (χ2n) is 4.93. The van der Waals surface area contributed by atoms with Gasteiger partial charge in [0, 0.05) is 18.1 Å². The molecule has 6 nitrogen and oxygen atoms in total. The molecule has 2 rings (SSSR count). The van der Waals surface area contributed by atoms with E-state index in [1.165, 1.54) is 6.07 Å². The highest BCUT2D eigenvalue weighted by Crippen LogP contribution is 2.16. The summed E-state index contributed by atoms with van der Waals surface area (Å²) in [6.07, 6.45) is 1.45. The fourth-order valence-electron chi connectivity index (χ4n) is 2.00. The summed E-state index contributed by atoms with van der Waals surface area (Å²) in [5, 5.41) is 9.96. The molecular formula is C15H19BrFN5O. The van der Waals surface area contributed by atoms with Crippen LogP contribution in [0.15, 0.2) is 32.2 Å². The summed E-state index contributed by atoms with van der Waals surface area (Å²) in [5.74, 6) is 1.55. The van der Waals surface area contributed by atoms with E-state index in [1.807, 2.05) is 6.07 Å². The van der Waals surface area contributed by atoms with E-state index in [0.717, 1.165) is 10.9 Å². The number of nitrogens with zero attached hydrogens (tertiary/aromatic N) is 3.